The van der Waals surface area contributed by atoms with Crippen molar-refractivity contribution in [3.63, 3.8) is 0 Å². The number of rotatable bonds is 7. The molecule has 9 rings (SSSR count). The molecule has 6 heterocycles. The molecule has 3 aliphatic rings. The molecular formula is C48H55ClF2N6O6. The molecule has 6 aromatic rings. The molecule has 3 fully saturated rings. The Morgan fingerprint density at radius 1 is 0.651 bits per heavy atom. The number of nitrogens with two attached hydrogens (primary N) is 1. The van der Waals surface area contributed by atoms with Gasteiger partial charge in [-0.25, -0.2) is 18.7 Å². The van der Waals surface area contributed by atoms with Gasteiger partial charge in [-0.15, -0.1) is 0 Å². The molecule has 1 aliphatic carbocycles. The quantitative estimate of drug-likeness (QED) is 0.240. The van der Waals surface area contributed by atoms with Crippen LogP contribution in [0, 0.1) is 11.6 Å². The van der Waals surface area contributed by atoms with Crippen LogP contribution in [0.4, 0.5) is 8.78 Å². The Labute approximate surface area is 372 Å². The largest absolute Gasteiger partial charge is 1.00 e. The Balaban J connectivity index is 0.000000208. The molecule has 63 heavy (non-hydrogen) atoms. The van der Waals surface area contributed by atoms with E-state index in [2.05, 4.69) is 29.1 Å². The molecule has 2 aliphatic heterocycles. The van der Waals surface area contributed by atoms with Crippen LogP contribution in [-0.4, -0.2) is 105 Å². The van der Waals surface area contributed by atoms with Gasteiger partial charge >= 0.3 is 0 Å². The lowest BCUT2D eigenvalue weighted by Crippen LogP contribution is -3.00. The summed E-state index contributed by atoms with van der Waals surface area (Å²) >= 11 is 0. The summed E-state index contributed by atoms with van der Waals surface area (Å²) in [6, 6.07) is 19.7. The lowest BCUT2D eigenvalue weighted by atomic mass is 9.79. The molecule has 0 radical (unpaired) electrons. The molecule has 12 nitrogen and oxygen atoms in total. The first-order chi connectivity index (χ1) is 29.3. The molecule has 2 aromatic carbocycles. The highest BCUT2D eigenvalue weighted by Gasteiger charge is 2.45. The molecule has 15 heteroatoms. The van der Waals surface area contributed by atoms with Crippen LogP contribution in [0.2, 0.25) is 0 Å². The predicted octanol–water partition coefficient (Wildman–Crippen LogP) is 4.37. The molecule has 0 bridgehead atoms. The van der Waals surface area contributed by atoms with Crippen LogP contribution in [0.5, 0.6) is 0 Å². The van der Waals surface area contributed by atoms with E-state index in [1.807, 2.05) is 30.9 Å². The molecule has 1 saturated carbocycles. The van der Waals surface area contributed by atoms with Gasteiger partial charge in [-0.1, -0.05) is 35.1 Å². The number of aliphatic hydroxyl groups is 1. The molecule has 334 valence electrons. The van der Waals surface area contributed by atoms with Crippen molar-refractivity contribution in [3.05, 3.63) is 107 Å². The number of aromatic nitrogens is 2. The number of benzene rings is 2. The van der Waals surface area contributed by atoms with E-state index in [-0.39, 0.29) is 66.8 Å². The fourth-order valence-corrected chi connectivity index (χ4v) is 8.10. The second-order valence-corrected chi connectivity index (χ2v) is 16.8. The van der Waals surface area contributed by atoms with Gasteiger partial charge in [0, 0.05) is 60.6 Å². The van der Waals surface area contributed by atoms with Crippen molar-refractivity contribution >= 4 is 39.9 Å². The van der Waals surface area contributed by atoms with E-state index in [0.717, 1.165) is 60.5 Å². The van der Waals surface area contributed by atoms with E-state index in [1.54, 1.807) is 46.2 Å². The Bertz CT molecular complexity index is 2570. The third-order valence-corrected chi connectivity index (χ3v) is 11.9. The molecule has 3 N–H and O–H groups in total. The normalized spacial score (nSPS) is 16.0. The monoisotopic (exact) mass is 884 g/mol. The number of carbonyl (C=O) groups is 3. The summed E-state index contributed by atoms with van der Waals surface area (Å²) < 4.78 is 38.6. The number of furan rings is 2. The number of hydrogen-bond acceptors (Lipinski definition) is 8. The van der Waals surface area contributed by atoms with Gasteiger partial charge in [-0.3, -0.25) is 14.4 Å². The van der Waals surface area contributed by atoms with E-state index in [4.69, 9.17) is 8.83 Å². The molecule has 2 saturated heterocycles. The SMILES string of the molecule is C.CC(C)c1cc(-c2ccc(F)cc2)nc2cc(C(=O)N3CCN(C(=O)C4(O)CCC4)CC3)oc12.CC(C)c1cc(-c2ccc(F)cc2)nc2cc(C(=O)N3CC[NH2+]CC3)oc12.[Cl-]. The third-order valence-electron chi connectivity index (χ3n) is 11.9. The molecule has 0 atom stereocenters. The average Bonchev–Trinajstić information content (AvgIpc) is 3.90. The zero-order chi connectivity index (χ0) is 43.0. The van der Waals surface area contributed by atoms with Crippen molar-refractivity contribution in [3.8, 4) is 22.5 Å². The second kappa shape index (κ2) is 19.4. The summed E-state index contributed by atoms with van der Waals surface area (Å²) in [5.74, 6) is -0.277. The van der Waals surface area contributed by atoms with Gasteiger partial charge in [0.05, 0.1) is 37.6 Å². The number of amides is 3. The number of carbonyl (C=O) groups excluding carboxylic acids is 3. The summed E-state index contributed by atoms with van der Waals surface area (Å²) in [6.45, 7) is 13.0. The average molecular weight is 885 g/mol. The first-order valence-electron chi connectivity index (χ1n) is 21.1. The summed E-state index contributed by atoms with van der Waals surface area (Å²) in [7, 11) is 0. The fourth-order valence-electron chi connectivity index (χ4n) is 8.10. The van der Waals surface area contributed by atoms with Crippen LogP contribution in [0.3, 0.4) is 0 Å². The van der Waals surface area contributed by atoms with Crippen molar-refractivity contribution in [1.82, 2.24) is 24.7 Å². The Hall–Kier alpha value is -5.70. The molecular weight excluding hydrogens is 830 g/mol. The number of fused-ring (bicyclic) bond motifs is 2. The van der Waals surface area contributed by atoms with Gasteiger partial charge in [0.2, 0.25) is 0 Å². The van der Waals surface area contributed by atoms with Crippen LogP contribution in [0.1, 0.15) is 98.5 Å². The first kappa shape index (κ1) is 46.8. The van der Waals surface area contributed by atoms with Crippen LogP contribution in [-0.2, 0) is 4.79 Å². The van der Waals surface area contributed by atoms with Crippen molar-refractivity contribution < 1.29 is 54.8 Å². The van der Waals surface area contributed by atoms with Crippen molar-refractivity contribution in [2.24, 2.45) is 0 Å². The molecule has 4 aromatic heterocycles. The van der Waals surface area contributed by atoms with E-state index in [1.165, 1.54) is 24.3 Å². The minimum Gasteiger partial charge on any atom is -1.00 e. The summed E-state index contributed by atoms with van der Waals surface area (Å²) in [4.78, 5) is 53.0. The predicted molar refractivity (Wildman–Crippen MR) is 233 cm³/mol. The van der Waals surface area contributed by atoms with Crippen LogP contribution >= 0.6 is 0 Å². The maximum absolute atomic E-state index is 13.4. The number of pyridine rings is 2. The van der Waals surface area contributed by atoms with Crippen molar-refractivity contribution in [2.45, 2.75) is 71.8 Å². The van der Waals surface area contributed by atoms with E-state index in [0.29, 0.717) is 72.7 Å². The maximum Gasteiger partial charge on any atom is 0.290 e. The van der Waals surface area contributed by atoms with Crippen LogP contribution in [0.25, 0.3) is 44.7 Å². The van der Waals surface area contributed by atoms with Crippen molar-refractivity contribution in [1.29, 1.82) is 0 Å². The van der Waals surface area contributed by atoms with E-state index >= 15 is 0 Å². The minimum absolute atomic E-state index is 0. The Kier molecular flexibility index (Phi) is 14.4. The Morgan fingerprint density at radius 3 is 1.43 bits per heavy atom. The highest BCUT2D eigenvalue weighted by molar-refractivity contribution is 5.97. The first-order valence-corrected chi connectivity index (χ1v) is 21.1. The third kappa shape index (κ3) is 9.78. The highest BCUT2D eigenvalue weighted by Crippen LogP contribution is 2.35. The standard InChI is InChI=1S/C26H28FN3O4.C21H22FN3O2.CH4.ClH/c1-16(2)19-14-20(17-4-6-18(27)7-5-17)28-21-15-22(34-23(19)21)24(31)29-10-12-30(13-11-29)25(32)26(33)8-3-9-26;1-13(2)16-11-17(14-3-5-15(22)6-4-14)24-18-12-19(27-20(16)18)21(26)25-9-7-23-8-10-25;;/h4-7,14-16,33H,3,8-13H2,1-2H3;3-6,11-13,23H,7-10H2,1-2H3;1H4;1H. The minimum atomic E-state index is -1.22. The topological polar surface area (TPSA) is 150 Å². The molecule has 3 amide bonds. The number of halogens is 3. The van der Waals surface area contributed by atoms with Gasteiger partial charge in [0.1, 0.15) is 28.3 Å². The van der Waals surface area contributed by atoms with Gasteiger partial charge in [-0.05, 0) is 91.8 Å². The summed E-state index contributed by atoms with van der Waals surface area (Å²) in [6.07, 6.45) is 1.88. The Morgan fingerprint density at radius 2 is 1.05 bits per heavy atom. The van der Waals surface area contributed by atoms with Crippen molar-refractivity contribution in [2.75, 3.05) is 52.4 Å². The number of quaternary nitrogens is 1. The lowest BCUT2D eigenvalue weighted by molar-refractivity contribution is -0.661. The van der Waals surface area contributed by atoms with Crippen LogP contribution < -0.4 is 17.7 Å². The number of nitrogens with zero attached hydrogens (tertiary/aromatic N) is 5. The van der Waals surface area contributed by atoms with Gasteiger partial charge in [0.15, 0.2) is 22.7 Å². The smallest absolute Gasteiger partial charge is 0.290 e. The van der Waals surface area contributed by atoms with E-state index < -0.39 is 5.60 Å². The zero-order valence-corrected chi connectivity index (χ0v) is 36.1. The summed E-state index contributed by atoms with van der Waals surface area (Å²) in [5, 5.41) is 12.5. The van der Waals surface area contributed by atoms with Gasteiger partial charge in [-0.2, -0.15) is 0 Å². The van der Waals surface area contributed by atoms with Gasteiger partial charge in [0.25, 0.3) is 17.7 Å². The molecule has 0 spiro atoms. The maximum atomic E-state index is 13.4. The number of piperazine rings is 2. The number of hydrogen-bond donors (Lipinski definition) is 2. The van der Waals surface area contributed by atoms with E-state index in [9.17, 15) is 28.3 Å². The fraction of sp³-hybridized carbons (Fsp3) is 0.396. The zero-order valence-electron chi connectivity index (χ0n) is 35.3. The lowest BCUT2D eigenvalue weighted by Gasteiger charge is -2.42. The summed E-state index contributed by atoms with van der Waals surface area (Å²) in [5.41, 5.74) is 6.23. The van der Waals surface area contributed by atoms with Gasteiger partial charge < -0.3 is 46.4 Å². The van der Waals surface area contributed by atoms with Crippen LogP contribution in [0.15, 0.2) is 81.6 Å². The second-order valence-electron chi connectivity index (χ2n) is 16.8. The molecule has 0 unspecified atom stereocenters. The highest BCUT2D eigenvalue weighted by atomic mass is 35.5.